The van der Waals surface area contributed by atoms with Gasteiger partial charge in [-0.05, 0) is 61.2 Å². The van der Waals surface area contributed by atoms with E-state index in [1.807, 2.05) is 43.3 Å². The Morgan fingerprint density at radius 3 is 2.67 bits per heavy atom. The molecule has 0 spiro atoms. The number of carbonyl (C=O) groups excluding carboxylic acids is 1. The van der Waals surface area contributed by atoms with E-state index in [0.29, 0.717) is 24.5 Å². The van der Waals surface area contributed by atoms with Gasteiger partial charge in [-0.15, -0.1) is 0 Å². The molecule has 2 aromatic rings. The fourth-order valence-electron chi connectivity index (χ4n) is 2.18. The van der Waals surface area contributed by atoms with Crippen LogP contribution < -0.4 is 10.1 Å². The highest BCUT2D eigenvalue weighted by molar-refractivity contribution is 6.30. The number of halogens is 1. The smallest absolute Gasteiger partial charge is 0.251 e. The van der Waals surface area contributed by atoms with Crippen LogP contribution in [0.25, 0.3) is 0 Å². The van der Waals surface area contributed by atoms with Crippen molar-refractivity contribution in [2.45, 2.75) is 19.8 Å². The Balaban J connectivity index is 1.78. The molecule has 0 aliphatic carbocycles. The molecular weight excluding hydrogens is 322 g/mol. The van der Waals surface area contributed by atoms with E-state index in [9.17, 15) is 4.79 Å². The monoisotopic (exact) mass is 343 g/mol. The Bertz CT molecular complexity index is 695. The molecule has 4 heteroatoms. The Morgan fingerprint density at radius 1 is 1.21 bits per heavy atom. The third-order valence-corrected chi connectivity index (χ3v) is 3.67. The molecule has 0 heterocycles. The van der Waals surface area contributed by atoms with Gasteiger partial charge in [0.2, 0.25) is 0 Å². The van der Waals surface area contributed by atoms with Crippen LogP contribution in [0, 0.1) is 0 Å². The van der Waals surface area contributed by atoms with Crippen LogP contribution in [-0.2, 0) is 6.42 Å². The van der Waals surface area contributed by atoms with Crippen LogP contribution in [0.4, 0.5) is 0 Å². The normalized spacial score (nSPS) is 10.2. The van der Waals surface area contributed by atoms with Crippen LogP contribution in [-0.4, -0.2) is 19.1 Å². The van der Waals surface area contributed by atoms with Crippen LogP contribution in [0.1, 0.15) is 29.3 Å². The van der Waals surface area contributed by atoms with Crippen LogP contribution in [0.2, 0.25) is 5.02 Å². The van der Waals surface area contributed by atoms with Crippen LogP contribution in [0.5, 0.6) is 5.75 Å². The first kappa shape index (κ1) is 18.1. The number of nitrogens with one attached hydrogen (secondary N) is 1. The molecule has 0 saturated carbocycles. The number of rotatable bonds is 8. The first-order valence-corrected chi connectivity index (χ1v) is 8.32. The average Bonchev–Trinajstić information content (AvgIpc) is 2.58. The summed E-state index contributed by atoms with van der Waals surface area (Å²) in [6.07, 6.45) is 1.78. The van der Waals surface area contributed by atoms with Gasteiger partial charge in [-0.25, -0.2) is 0 Å². The summed E-state index contributed by atoms with van der Waals surface area (Å²) in [5, 5.41) is 3.67. The first-order valence-electron chi connectivity index (χ1n) is 7.94. The van der Waals surface area contributed by atoms with Crippen LogP contribution in [0.3, 0.4) is 0 Å². The molecule has 0 unspecified atom stereocenters. The third kappa shape index (κ3) is 6.09. The largest absolute Gasteiger partial charge is 0.489 e. The molecule has 1 amide bonds. The topological polar surface area (TPSA) is 38.3 Å². The third-order valence-electron chi connectivity index (χ3n) is 3.42. The van der Waals surface area contributed by atoms with Crippen molar-refractivity contribution in [3.05, 3.63) is 76.8 Å². The van der Waals surface area contributed by atoms with Crippen molar-refractivity contribution in [2.24, 2.45) is 0 Å². The molecule has 0 saturated heterocycles. The Morgan fingerprint density at radius 2 is 1.96 bits per heavy atom. The summed E-state index contributed by atoms with van der Waals surface area (Å²) in [5.74, 6) is 0.582. The van der Waals surface area contributed by atoms with Crippen molar-refractivity contribution in [3.63, 3.8) is 0 Å². The van der Waals surface area contributed by atoms with Gasteiger partial charge in [0, 0.05) is 17.1 Å². The van der Waals surface area contributed by atoms with Crippen molar-refractivity contribution < 1.29 is 9.53 Å². The number of aryl methyl sites for hydroxylation is 1. The lowest BCUT2D eigenvalue weighted by Gasteiger charge is -2.09. The number of ether oxygens (including phenoxy) is 1. The molecule has 0 radical (unpaired) electrons. The van der Waals surface area contributed by atoms with Gasteiger partial charge in [0.05, 0.1) is 0 Å². The van der Waals surface area contributed by atoms with Gasteiger partial charge in [0.1, 0.15) is 12.4 Å². The SMILES string of the molecule is C=C(C)COc1cccc(C(=O)NCCCc2ccc(Cl)cc2)c1. The minimum Gasteiger partial charge on any atom is -0.489 e. The zero-order chi connectivity index (χ0) is 17.4. The first-order chi connectivity index (χ1) is 11.5. The predicted molar refractivity (Wildman–Crippen MR) is 98.9 cm³/mol. The standard InChI is InChI=1S/C20H22ClNO2/c1-15(2)14-24-19-7-3-6-17(13-19)20(23)22-12-4-5-16-8-10-18(21)11-9-16/h3,6-11,13H,1,4-5,12,14H2,2H3,(H,22,23). The van der Waals surface area contributed by atoms with E-state index in [-0.39, 0.29) is 5.91 Å². The molecule has 0 aliphatic rings. The maximum atomic E-state index is 12.2. The highest BCUT2D eigenvalue weighted by Gasteiger charge is 2.06. The second kappa shape index (κ2) is 9.14. The summed E-state index contributed by atoms with van der Waals surface area (Å²) >= 11 is 5.86. The summed E-state index contributed by atoms with van der Waals surface area (Å²) in [6, 6.07) is 15.0. The van der Waals surface area contributed by atoms with Crippen LogP contribution in [0.15, 0.2) is 60.7 Å². The second-order valence-corrected chi connectivity index (χ2v) is 6.20. The molecule has 0 aromatic heterocycles. The van der Waals surface area contributed by atoms with Crippen molar-refractivity contribution >= 4 is 17.5 Å². The molecule has 0 fully saturated rings. The lowest BCUT2D eigenvalue weighted by atomic mass is 10.1. The number of carbonyl (C=O) groups is 1. The molecule has 3 nitrogen and oxygen atoms in total. The van der Waals surface area contributed by atoms with E-state index in [0.717, 1.165) is 23.4 Å². The van der Waals surface area contributed by atoms with Gasteiger partial charge in [-0.3, -0.25) is 4.79 Å². The molecule has 2 aromatic carbocycles. The van der Waals surface area contributed by atoms with Crippen molar-refractivity contribution in [1.82, 2.24) is 5.32 Å². The van der Waals surface area contributed by atoms with E-state index in [2.05, 4.69) is 11.9 Å². The lowest BCUT2D eigenvalue weighted by Crippen LogP contribution is -2.24. The zero-order valence-corrected chi connectivity index (χ0v) is 14.6. The molecule has 0 bridgehead atoms. The molecule has 24 heavy (non-hydrogen) atoms. The van der Waals surface area contributed by atoms with Gasteiger partial charge in [0.25, 0.3) is 5.91 Å². The van der Waals surface area contributed by atoms with Crippen LogP contribution >= 0.6 is 11.6 Å². The summed E-state index contributed by atoms with van der Waals surface area (Å²) in [5.41, 5.74) is 2.75. The number of hydrogen-bond donors (Lipinski definition) is 1. The Kier molecular flexibility index (Phi) is 6.89. The van der Waals surface area contributed by atoms with Gasteiger partial charge in [-0.1, -0.05) is 36.4 Å². The summed E-state index contributed by atoms with van der Waals surface area (Å²) in [7, 11) is 0. The second-order valence-electron chi connectivity index (χ2n) is 5.76. The van der Waals surface area contributed by atoms with Crippen molar-refractivity contribution in [3.8, 4) is 5.75 Å². The van der Waals surface area contributed by atoms with E-state index >= 15 is 0 Å². The quantitative estimate of drug-likeness (QED) is 0.559. The summed E-state index contributed by atoms with van der Waals surface area (Å²) < 4.78 is 5.56. The van der Waals surface area contributed by atoms with E-state index in [4.69, 9.17) is 16.3 Å². The average molecular weight is 344 g/mol. The number of amides is 1. The summed E-state index contributed by atoms with van der Waals surface area (Å²) in [4.78, 5) is 12.2. The van der Waals surface area contributed by atoms with Gasteiger partial charge < -0.3 is 10.1 Å². The fraction of sp³-hybridized carbons (Fsp3) is 0.250. The predicted octanol–water partition coefficient (Wildman–Crippen LogP) is 4.66. The fourth-order valence-corrected chi connectivity index (χ4v) is 2.31. The summed E-state index contributed by atoms with van der Waals surface area (Å²) in [6.45, 7) is 6.77. The Hall–Kier alpha value is -2.26. The van der Waals surface area contributed by atoms with E-state index in [1.54, 1.807) is 12.1 Å². The van der Waals surface area contributed by atoms with Gasteiger partial charge in [0.15, 0.2) is 0 Å². The van der Waals surface area contributed by atoms with Crippen molar-refractivity contribution in [2.75, 3.05) is 13.2 Å². The van der Waals surface area contributed by atoms with E-state index < -0.39 is 0 Å². The molecule has 0 aliphatic heterocycles. The van der Waals surface area contributed by atoms with Gasteiger partial charge in [-0.2, -0.15) is 0 Å². The molecule has 2 rings (SSSR count). The lowest BCUT2D eigenvalue weighted by molar-refractivity contribution is 0.0953. The molecular formula is C20H22ClNO2. The molecule has 126 valence electrons. The van der Waals surface area contributed by atoms with Gasteiger partial charge >= 0.3 is 0 Å². The maximum Gasteiger partial charge on any atom is 0.251 e. The highest BCUT2D eigenvalue weighted by atomic mass is 35.5. The minimum atomic E-state index is -0.0909. The zero-order valence-electron chi connectivity index (χ0n) is 13.8. The van der Waals surface area contributed by atoms with E-state index in [1.165, 1.54) is 5.56 Å². The molecule has 1 N–H and O–H groups in total. The number of benzene rings is 2. The van der Waals surface area contributed by atoms with Crippen molar-refractivity contribution in [1.29, 1.82) is 0 Å². The highest BCUT2D eigenvalue weighted by Crippen LogP contribution is 2.14. The number of hydrogen-bond acceptors (Lipinski definition) is 2. The maximum absolute atomic E-state index is 12.2. The Labute approximate surface area is 148 Å². The molecule has 0 atom stereocenters. The minimum absolute atomic E-state index is 0.0909.